The summed E-state index contributed by atoms with van der Waals surface area (Å²) in [6.45, 7) is 18.7. The zero-order valence-electron chi connectivity index (χ0n) is 24.7. The molecule has 0 amide bonds. The molecule has 0 saturated carbocycles. The monoisotopic (exact) mass is 513 g/mol. The Bertz CT molecular complexity index is 1720. The highest BCUT2D eigenvalue weighted by Crippen LogP contribution is 2.48. The molecule has 4 aromatic rings. The molecular formula is C37H41N2+. The summed E-state index contributed by atoms with van der Waals surface area (Å²) >= 11 is 0. The van der Waals surface area contributed by atoms with E-state index < -0.39 is 0 Å². The molecule has 2 heteroatoms. The minimum atomic E-state index is -0.142. The molecule has 0 bridgehead atoms. The number of allylic oxidation sites excluding steroid dienone is 4. The van der Waals surface area contributed by atoms with Crippen LogP contribution >= 0.6 is 0 Å². The van der Waals surface area contributed by atoms with E-state index in [0.29, 0.717) is 0 Å². The first-order valence-corrected chi connectivity index (χ1v) is 14.2. The second kappa shape index (κ2) is 8.42. The first-order chi connectivity index (χ1) is 18.3. The first kappa shape index (κ1) is 25.6. The van der Waals surface area contributed by atoms with Crippen LogP contribution in [0.5, 0.6) is 0 Å². The summed E-state index contributed by atoms with van der Waals surface area (Å²) in [6, 6.07) is 26.4. The van der Waals surface area contributed by atoms with E-state index in [2.05, 4.69) is 157 Å². The predicted octanol–water partition coefficient (Wildman–Crippen LogP) is 8.33. The van der Waals surface area contributed by atoms with Gasteiger partial charge in [0.25, 0.3) is 0 Å². The Morgan fingerprint density at radius 2 is 1.26 bits per heavy atom. The van der Waals surface area contributed by atoms with Crippen molar-refractivity contribution in [1.82, 2.24) is 0 Å². The summed E-state index contributed by atoms with van der Waals surface area (Å²) < 4.78 is 0. The van der Waals surface area contributed by atoms with Gasteiger partial charge in [-0.2, -0.15) is 0 Å². The zero-order chi connectivity index (χ0) is 27.8. The maximum Gasteiger partial charge on any atom is 0.208 e. The van der Waals surface area contributed by atoms with Gasteiger partial charge >= 0.3 is 0 Å². The van der Waals surface area contributed by atoms with Gasteiger partial charge in [0.05, 0.1) is 10.8 Å². The van der Waals surface area contributed by atoms with E-state index >= 15 is 0 Å². The fourth-order valence-corrected chi connectivity index (χ4v) is 7.06. The lowest BCUT2D eigenvalue weighted by atomic mass is 9.69. The summed E-state index contributed by atoms with van der Waals surface area (Å²) in [5.41, 5.74) is 7.42. The van der Waals surface area contributed by atoms with Crippen molar-refractivity contribution in [2.45, 2.75) is 66.2 Å². The molecule has 0 radical (unpaired) electrons. The molecule has 0 aliphatic carbocycles. The lowest BCUT2D eigenvalue weighted by Gasteiger charge is -2.29. The molecule has 0 spiro atoms. The van der Waals surface area contributed by atoms with Crippen molar-refractivity contribution in [1.29, 1.82) is 0 Å². The third-order valence-corrected chi connectivity index (χ3v) is 9.03. The third-order valence-electron chi connectivity index (χ3n) is 9.03. The fourth-order valence-electron chi connectivity index (χ4n) is 7.06. The number of rotatable bonds is 4. The van der Waals surface area contributed by atoms with Crippen LogP contribution < -0.4 is 10.3 Å². The van der Waals surface area contributed by atoms with Crippen LogP contribution in [0, 0.1) is 10.8 Å². The molecule has 2 N–H and O–H groups in total. The van der Waals surface area contributed by atoms with Gasteiger partial charge in [-0.25, -0.2) is 4.99 Å². The Morgan fingerprint density at radius 3 is 1.92 bits per heavy atom. The van der Waals surface area contributed by atoms with Gasteiger partial charge in [0.2, 0.25) is 5.69 Å². The van der Waals surface area contributed by atoms with Gasteiger partial charge in [0.1, 0.15) is 0 Å². The minimum absolute atomic E-state index is 0.0929. The quantitative estimate of drug-likeness (QED) is 0.264. The molecule has 6 rings (SSSR count). The molecule has 4 aromatic carbocycles. The number of fused-ring (bicyclic) bond motifs is 6. The maximum absolute atomic E-state index is 3.85. The topological polar surface area (TPSA) is 26.0 Å². The molecule has 0 aromatic heterocycles. The van der Waals surface area contributed by atoms with E-state index in [1.54, 1.807) is 0 Å². The van der Waals surface area contributed by atoms with E-state index in [0.717, 1.165) is 0 Å². The molecular weight excluding hydrogens is 472 g/mol. The third kappa shape index (κ3) is 4.04. The second-order valence-corrected chi connectivity index (χ2v) is 13.7. The van der Waals surface area contributed by atoms with Crippen LogP contribution in [-0.4, -0.2) is 5.71 Å². The van der Waals surface area contributed by atoms with Gasteiger partial charge in [-0.05, 0) is 66.9 Å². The van der Waals surface area contributed by atoms with Crippen molar-refractivity contribution < 1.29 is 4.99 Å². The Morgan fingerprint density at radius 1 is 0.667 bits per heavy atom. The number of nitrogens with one attached hydrogen (secondary N) is 2. The lowest BCUT2D eigenvalue weighted by molar-refractivity contribution is -0.355. The highest BCUT2D eigenvalue weighted by atomic mass is 15.0. The molecule has 0 saturated heterocycles. The summed E-state index contributed by atoms with van der Waals surface area (Å²) in [5.74, 6) is 0. The molecule has 2 aliphatic heterocycles. The van der Waals surface area contributed by atoms with Gasteiger partial charge in [0, 0.05) is 33.8 Å². The summed E-state index contributed by atoms with van der Waals surface area (Å²) in [7, 11) is 0. The molecule has 2 nitrogen and oxygen atoms in total. The average molecular weight is 514 g/mol. The van der Waals surface area contributed by atoms with E-state index in [-0.39, 0.29) is 21.7 Å². The smallest absolute Gasteiger partial charge is 0.208 e. The Kier molecular flexibility index (Phi) is 5.53. The normalized spacial score (nSPS) is 19.0. The van der Waals surface area contributed by atoms with Crippen molar-refractivity contribution in [2.75, 3.05) is 5.32 Å². The Balaban J connectivity index is 1.32. The lowest BCUT2D eigenvalue weighted by Crippen LogP contribution is -2.69. The highest BCUT2D eigenvalue weighted by Gasteiger charge is 2.49. The minimum Gasteiger partial charge on any atom is -0.358 e. The molecule has 0 fully saturated rings. The van der Waals surface area contributed by atoms with E-state index in [1.165, 1.54) is 55.5 Å². The van der Waals surface area contributed by atoms with Gasteiger partial charge < -0.3 is 5.32 Å². The fraction of sp³-hybridized carbons (Fsp3) is 0.324. The summed E-state index contributed by atoms with van der Waals surface area (Å²) in [6.07, 6.45) is 7.23. The number of anilines is 1. The second-order valence-electron chi connectivity index (χ2n) is 13.7. The van der Waals surface area contributed by atoms with Crippen molar-refractivity contribution in [3.63, 3.8) is 0 Å². The Labute approximate surface area is 233 Å². The zero-order valence-corrected chi connectivity index (χ0v) is 24.7. The average Bonchev–Trinajstić information content (AvgIpc) is 3.32. The van der Waals surface area contributed by atoms with Gasteiger partial charge in [0.15, 0.2) is 5.71 Å². The summed E-state index contributed by atoms with van der Waals surface area (Å²) in [4.78, 5) is 3.85. The van der Waals surface area contributed by atoms with E-state index in [9.17, 15) is 0 Å². The first-order valence-electron chi connectivity index (χ1n) is 14.2. The van der Waals surface area contributed by atoms with Crippen LogP contribution in [0.2, 0.25) is 0 Å². The standard InChI is InChI=1S/C37H40N2/c1-34(2,23-30-36(5,6)31-26-15-11-9-13-24(26)17-19-28(31)38-30)21-22-35(3,4)33-37(7,8)32-27-16-12-10-14-25(27)18-20-29(32)39-33/h9-23,38H,1-8H3/p+1/b22-21+,30-23-. The Hall–Kier alpha value is -3.65. The molecule has 2 heterocycles. The van der Waals surface area contributed by atoms with Crippen molar-refractivity contribution in [3.8, 4) is 0 Å². The van der Waals surface area contributed by atoms with Crippen LogP contribution in [0.15, 0.2) is 96.7 Å². The number of hydrogen-bond donors (Lipinski definition) is 2. The van der Waals surface area contributed by atoms with Crippen LogP contribution in [-0.2, 0) is 10.8 Å². The highest BCUT2D eigenvalue weighted by molar-refractivity contribution is 6.04. The molecule has 0 unspecified atom stereocenters. The van der Waals surface area contributed by atoms with Crippen LogP contribution in [0.4, 0.5) is 11.4 Å². The SMILES string of the molecule is CC(C)(/C=C1\Nc2ccc3ccccc3c2C1(C)C)/C=C/C(C)(C)C1=[NH+]c2ccc3ccccc3c2C1(C)C. The van der Waals surface area contributed by atoms with E-state index in [1.807, 2.05) is 0 Å². The van der Waals surface area contributed by atoms with E-state index in [4.69, 9.17) is 0 Å². The maximum atomic E-state index is 3.85. The summed E-state index contributed by atoms with van der Waals surface area (Å²) in [5, 5.41) is 9.05. The predicted molar refractivity (Wildman–Crippen MR) is 168 cm³/mol. The molecule has 0 atom stereocenters. The van der Waals surface area contributed by atoms with Gasteiger partial charge in [-0.3, -0.25) is 0 Å². The van der Waals surface area contributed by atoms with Crippen LogP contribution in [0.25, 0.3) is 21.5 Å². The van der Waals surface area contributed by atoms with Crippen molar-refractivity contribution in [3.05, 3.63) is 108 Å². The van der Waals surface area contributed by atoms with Crippen LogP contribution in [0.1, 0.15) is 66.5 Å². The molecule has 198 valence electrons. The largest absolute Gasteiger partial charge is 0.358 e. The van der Waals surface area contributed by atoms with Crippen molar-refractivity contribution >= 4 is 38.6 Å². The molecule has 39 heavy (non-hydrogen) atoms. The molecule has 2 aliphatic rings. The number of benzene rings is 4. The van der Waals surface area contributed by atoms with Gasteiger partial charge in [-0.1, -0.05) is 101 Å². The van der Waals surface area contributed by atoms with Crippen molar-refractivity contribution in [2.24, 2.45) is 10.8 Å². The number of hydrogen-bond acceptors (Lipinski definition) is 1. The van der Waals surface area contributed by atoms with Crippen LogP contribution in [0.3, 0.4) is 0 Å². The van der Waals surface area contributed by atoms with Gasteiger partial charge in [-0.15, -0.1) is 0 Å².